The monoisotopic (exact) mass is 294 g/mol. The lowest BCUT2D eigenvalue weighted by atomic mass is 10.1. The van der Waals surface area contributed by atoms with E-state index in [4.69, 9.17) is 0 Å². The molecule has 0 amide bonds. The highest BCUT2D eigenvalue weighted by molar-refractivity contribution is 5.82. The predicted molar refractivity (Wildman–Crippen MR) is 74.2 cm³/mol. The third-order valence-electron chi connectivity index (χ3n) is 2.62. The Balaban J connectivity index is 2.19. The largest absolute Gasteiger partial charge is 0.417 e. The van der Waals surface area contributed by atoms with Crippen LogP contribution in [0.3, 0.4) is 0 Å². The molecule has 1 aromatic carbocycles. The van der Waals surface area contributed by atoms with E-state index in [1.54, 1.807) is 19.9 Å². The topological polar surface area (TPSA) is 50.2 Å². The lowest BCUT2D eigenvalue weighted by Gasteiger charge is -2.09. The van der Waals surface area contributed by atoms with E-state index in [1.807, 2.05) is 0 Å². The molecule has 7 heteroatoms. The van der Waals surface area contributed by atoms with Crippen LogP contribution in [0.1, 0.15) is 22.5 Å². The van der Waals surface area contributed by atoms with Gasteiger partial charge in [0, 0.05) is 17.0 Å². The van der Waals surface area contributed by atoms with Gasteiger partial charge in [0.15, 0.2) is 0 Å². The fourth-order valence-electron chi connectivity index (χ4n) is 1.80. The fourth-order valence-corrected chi connectivity index (χ4v) is 1.80. The van der Waals surface area contributed by atoms with Crippen molar-refractivity contribution in [3.63, 3.8) is 0 Å². The van der Waals surface area contributed by atoms with Gasteiger partial charge in [0.25, 0.3) is 0 Å². The van der Waals surface area contributed by atoms with Crippen molar-refractivity contribution in [3.8, 4) is 0 Å². The Morgan fingerprint density at radius 2 is 1.71 bits per heavy atom. The molecule has 1 heterocycles. The molecular weight excluding hydrogens is 281 g/mol. The van der Waals surface area contributed by atoms with Crippen LogP contribution in [-0.4, -0.2) is 16.2 Å². The fraction of sp³-hybridized carbons (Fsp3) is 0.214. The highest BCUT2D eigenvalue weighted by Gasteiger charge is 2.32. The average molecular weight is 294 g/mol. The van der Waals surface area contributed by atoms with E-state index in [-0.39, 0.29) is 11.5 Å². The van der Waals surface area contributed by atoms with Crippen molar-refractivity contribution in [2.24, 2.45) is 5.10 Å². The Morgan fingerprint density at radius 3 is 2.33 bits per heavy atom. The molecule has 0 saturated heterocycles. The van der Waals surface area contributed by atoms with Gasteiger partial charge >= 0.3 is 6.18 Å². The molecule has 4 nitrogen and oxygen atoms in total. The number of hydrogen-bond acceptors (Lipinski definition) is 4. The Labute approximate surface area is 119 Å². The molecule has 2 aromatic rings. The number of alkyl halides is 3. The van der Waals surface area contributed by atoms with E-state index in [1.165, 1.54) is 18.2 Å². The highest BCUT2D eigenvalue weighted by Crippen LogP contribution is 2.31. The zero-order chi connectivity index (χ0) is 15.5. The van der Waals surface area contributed by atoms with Gasteiger partial charge in [-0.3, -0.25) is 0 Å². The molecular formula is C14H13F3N4. The Bertz CT molecular complexity index is 645. The van der Waals surface area contributed by atoms with Gasteiger partial charge in [-0.1, -0.05) is 18.2 Å². The minimum Gasteiger partial charge on any atom is -0.245 e. The third-order valence-corrected chi connectivity index (χ3v) is 2.62. The maximum Gasteiger partial charge on any atom is 0.417 e. The third kappa shape index (κ3) is 4.01. The van der Waals surface area contributed by atoms with Crippen LogP contribution in [0.15, 0.2) is 35.4 Å². The normalized spacial score (nSPS) is 11.9. The van der Waals surface area contributed by atoms with Gasteiger partial charge in [-0.2, -0.15) is 18.3 Å². The van der Waals surface area contributed by atoms with Crippen molar-refractivity contribution < 1.29 is 13.2 Å². The second-order valence-electron chi connectivity index (χ2n) is 4.43. The summed E-state index contributed by atoms with van der Waals surface area (Å²) in [4.78, 5) is 8.16. The van der Waals surface area contributed by atoms with Gasteiger partial charge in [0.1, 0.15) is 0 Å². The number of aryl methyl sites for hydroxylation is 2. The molecule has 0 aliphatic rings. The zero-order valence-electron chi connectivity index (χ0n) is 11.4. The second-order valence-corrected chi connectivity index (χ2v) is 4.43. The van der Waals surface area contributed by atoms with Crippen LogP contribution in [0.2, 0.25) is 0 Å². The van der Waals surface area contributed by atoms with E-state index in [2.05, 4.69) is 20.5 Å². The number of benzene rings is 1. The number of halogens is 3. The molecule has 0 fully saturated rings. The van der Waals surface area contributed by atoms with Crippen molar-refractivity contribution in [1.82, 2.24) is 9.97 Å². The molecule has 1 aromatic heterocycles. The zero-order valence-corrected chi connectivity index (χ0v) is 11.4. The van der Waals surface area contributed by atoms with Crippen molar-refractivity contribution in [2.45, 2.75) is 20.0 Å². The van der Waals surface area contributed by atoms with Gasteiger partial charge in [0.2, 0.25) is 5.95 Å². The molecule has 0 aliphatic carbocycles. The number of nitrogens with one attached hydrogen (secondary N) is 1. The van der Waals surface area contributed by atoms with Crippen LogP contribution >= 0.6 is 0 Å². The summed E-state index contributed by atoms with van der Waals surface area (Å²) in [5.74, 6) is 0.244. The number of nitrogens with zero attached hydrogens (tertiary/aromatic N) is 3. The molecule has 0 unspecified atom stereocenters. The predicted octanol–water partition coefficient (Wildman–Crippen LogP) is 3.56. The molecule has 1 N–H and O–H groups in total. The van der Waals surface area contributed by atoms with Crippen LogP contribution in [0.4, 0.5) is 19.1 Å². The van der Waals surface area contributed by atoms with E-state index < -0.39 is 11.7 Å². The van der Waals surface area contributed by atoms with Crippen molar-refractivity contribution in [2.75, 3.05) is 5.43 Å². The molecule has 0 aliphatic heterocycles. The smallest absolute Gasteiger partial charge is 0.245 e. The van der Waals surface area contributed by atoms with Crippen molar-refractivity contribution in [1.29, 1.82) is 0 Å². The van der Waals surface area contributed by atoms with Gasteiger partial charge < -0.3 is 0 Å². The quantitative estimate of drug-likeness (QED) is 0.695. The minimum absolute atomic E-state index is 0.0260. The molecule has 0 atom stereocenters. The van der Waals surface area contributed by atoms with Gasteiger partial charge in [-0.25, -0.2) is 15.4 Å². The molecule has 0 radical (unpaired) electrons. The SMILES string of the molecule is Cc1cc(C)nc(NN=Cc2ccccc2C(F)(F)F)n1. The van der Waals surface area contributed by atoms with Crippen LogP contribution in [0.25, 0.3) is 0 Å². The maximum absolute atomic E-state index is 12.8. The summed E-state index contributed by atoms with van der Waals surface area (Å²) >= 11 is 0. The summed E-state index contributed by atoms with van der Waals surface area (Å²) < 4.78 is 38.4. The molecule has 0 bridgehead atoms. The number of aromatic nitrogens is 2. The van der Waals surface area contributed by atoms with Crippen LogP contribution in [-0.2, 0) is 6.18 Å². The number of rotatable bonds is 3. The molecule has 110 valence electrons. The van der Waals surface area contributed by atoms with E-state index in [0.29, 0.717) is 0 Å². The molecule has 21 heavy (non-hydrogen) atoms. The number of hydrazone groups is 1. The Kier molecular flexibility index (Phi) is 4.21. The Hall–Kier alpha value is -2.44. The van der Waals surface area contributed by atoms with E-state index >= 15 is 0 Å². The van der Waals surface area contributed by atoms with E-state index in [0.717, 1.165) is 23.7 Å². The molecule has 2 rings (SSSR count). The first-order valence-corrected chi connectivity index (χ1v) is 6.14. The van der Waals surface area contributed by atoms with Crippen molar-refractivity contribution >= 4 is 12.2 Å². The lowest BCUT2D eigenvalue weighted by Crippen LogP contribution is -2.09. The second kappa shape index (κ2) is 5.90. The van der Waals surface area contributed by atoms with Crippen LogP contribution in [0, 0.1) is 13.8 Å². The average Bonchev–Trinajstić information content (AvgIpc) is 2.37. The van der Waals surface area contributed by atoms with Gasteiger partial charge in [0.05, 0.1) is 11.8 Å². The summed E-state index contributed by atoms with van der Waals surface area (Å²) in [6.07, 6.45) is -3.32. The standard InChI is InChI=1S/C14H13F3N4/c1-9-7-10(2)20-13(19-9)21-18-8-11-5-3-4-6-12(11)14(15,16)17/h3-8H,1-2H3,(H,19,20,21). The lowest BCUT2D eigenvalue weighted by molar-refractivity contribution is -0.137. The summed E-state index contributed by atoms with van der Waals surface area (Å²) in [6, 6.07) is 6.99. The number of anilines is 1. The Morgan fingerprint density at radius 1 is 1.10 bits per heavy atom. The van der Waals surface area contributed by atoms with Crippen molar-refractivity contribution in [3.05, 3.63) is 52.8 Å². The van der Waals surface area contributed by atoms with Gasteiger partial charge in [-0.15, -0.1) is 0 Å². The summed E-state index contributed by atoms with van der Waals surface area (Å²) in [7, 11) is 0. The molecule has 0 saturated carbocycles. The highest BCUT2D eigenvalue weighted by atomic mass is 19.4. The molecule has 0 spiro atoms. The van der Waals surface area contributed by atoms with Crippen LogP contribution < -0.4 is 5.43 Å². The number of hydrogen-bond donors (Lipinski definition) is 1. The first-order chi connectivity index (χ1) is 9.86. The first kappa shape index (κ1) is 15.0. The van der Waals surface area contributed by atoms with Gasteiger partial charge in [-0.05, 0) is 26.0 Å². The van der Waals surface area contributed by atoms with E-state index in [9.17, 15) is 13.2 Å². The maximum atomic E-state index is 12.8. The first-order valence-electron chi connectivity index (χ1n) is 6.14. The van der Waals surface area contributed by atoms with Crippen LogP contribution in [0.5, 0.6) is 0 Å². The summed E-state index contributed by atoms with van der Waals surface area (Å²) in [6.45, 7) is 3.59. The minimum atomic E-state index is -4.42. The summed E-state index contributed by atoms with van der Waals surface area (Å²) in [5, 5.41) is 3.77. The summed E-state index contributed by atoms with van der Waals surface area (Å²) in [5.41, 5.74) is 3.26.